The average molecular weight is 439 g/mol. The van der Waals surface area contributed by atoms with Crippen molar-refractivity contribution in [1.82, 2.24) is 0 Å². The van der Waals surface area contributed by atoms with Crippen LogP contribution in [0.5, 0.6) is 0 Å². The van der Waals surface area contributed by atoms with Gasteiger partial charge in [-0.05, 0) is 41.3 Å². The molecule has 1 aliphatic heterocycles. The largest absolute Gasteiger partial charge is 0.457 e. The second kappa shape index (κ2) is 7.04. The van der Waals surface area contributed by atoms with E-state index in [0.29, 0.717) is 5.02 Å². The van der Waals surface area contributed by atoms with Crippen LogP contribution in [0.15, 0.2) is 55.1 Å². The van der Waals surface area contributed by atoms with Crippen molar-refractivity contribution >= 4 is 29.5 Å². The van der Waals surface area contributed by atoms with Crippen LogP contribution < -0.4 is 0 Å². The van der Waals surface area contributed by atoms with Crippen LogP contribution in [-0.4, -0.2) is 30.6 Å². The predicted octanol–water partition coefficient (Wildman–Crippen LogP) is 3.49. The average Bonchev–Trinajstić information content (AvgIpc) is 3.07. The zero-order valence-corrected chi connectivity index (χ0v) is 17.4. The van der Waals surface area contributed by atoms with E-state index in [-0.39, 0.29) is 12.5 Å². The van der Waals surface area contributed by atoms with Crippen LogP contribution >= 0.6 is 11.6 Å². The van der Waals surface area contributed by atoms with Crippen molar-refractivity contribution in [2.45, 2.75) is 24.5 Å². The van der Waals surface area contributed by atoms with Gasteiger partial charge < -0.3 is 14.2 Å². The molecule has 31 heavy (non-hydrogen) atoms. The van der Waals surface area contributed by atoms with Gasteiger partial charge in [-0.2, -0.15) is 0 Å². The van der Waals surface area contributed by atoms with Crippen molar-refractivity contribution in [2.75, 3.05) is 6.61 Å². The van der Waals surface area contributed by atoms with Crippen molar-refractivity contribution in [1.29, 1.82) is 0 Å². The summed E-state index contributed by atoms with van der Waals surface area (Å²) in [5.41, 5.74) is 2.05. The highest BCUT2D eigenvalue weighted by atomic mass is 35.5. The van der Waals surface area contributed by atoms with Gasteiger partial charge in [-0.25, -0.2) is 4.79 Å². The van der Waals surface area contributed by atoms with Crippen LogP contribution in [-0.2, 0) is 34.2 Å². The number of rotatable bonds is 5. The zero-order valence-electron chi connectivity index (χ0n) is 16.7. The third-order valence-electron chi connectivity index (χ3n) is 6.36. The van der Waals surface area contributed by atoms with Crippen molar-refractivity contribution < 1.29 is 28.6 Å². The van der Waals surface area contributed by atoms with Crippen LogP contribution in [0.4, 0.5) is 0 Å². The Labute approximate surface area is 183 Å². The van der Waals surface area contributed by atoms with E-state index in [0.717, 1.165) is 28.3 Å². The smallest absolute Gasteiger partial charge is 0.330 e. The minimum Gasteiger partial charge on any atom is -0.457 e. The Morgan fingerprint density at radius 1 is 1.19 bits per heavy atom. The van der Waals surface area contributed by atoms with Gasteiger partial charge in [0.15, 0.2) is 0 Å². The molecule has 1 fully saturated rings. The molecule has 0 N–H and O–H groups in total. The summed E-state index contributed by atoms with van der Waals surface area (Å²) >= 11 is 6.34. The molecule has 1 saturated heterocycles. The molecule has 4 aliphatic rings. The lowest BCUT2D eigenvalue weighted by atomic mass is 9.52. The minimum atomic E-state index is -1.28. The molecule has 6 rings (SSSR count). The number of halogens is 1. The molecule has 158 valence electrons. The van der Waals surface area contributed by atoms with E-state index in [2.05, 4.69) is 6.58 Å². The van der Waals surface area contributed by atoms with E-state index in [1.807, 2.05) is 30.3 Å². The third-order valence-corrected chi connectivity index (χ3v) is 6.59. The fourth-order valence-corrected chi connectivity index (χ4v) is 5.47. The SMILES string of the molecule is C=CC(=O)OC(C)COC12c3ccccc3C(c3ccc(Cl)cc31)C1C(=O)OC(=O)C12. The van der Waals surface area contributed by atoms with Crippen LogP contribution in [0.25, 0.3) is 0 Å². The van der Waals surface area contributed by atoms with Gasteiger partial charge in [0.1, 0.15) is 17.6 Å². The number of ether oxygens (including phenoxy) is 3. The minimum absolute atomic E-state index is 0.00474. The van der Waals surface area contributed by atoms with Crippen molar-refractivity contribution in [3.05, 3.63) is 82.4 Å². The fourth-order valence-electron chi connectivity index (χ4n) is 5.30. The van der Waals surface area contributed by atoms with E-state index in [4.69, 9.17) is 25.8 Å². The van der Waals surface area contributed by atoms with Crippen molar-refractivity contribution in [2.24, 2.45) is 11.8 Å². The number of carbonyl (C=O) groups is 3. The molecule has 5 unspecified atom stereocenters. The highest BCUT2D eigenvalue weighted by molar-refractivity contribution is 6.30. The Balaban J connectivity index is 1.71. The van der Waals surface area contributed by atoms with Gasteiger partial charge in [0, 0.05) is 17.0 Å². The molecule has 2 aromatic rings. The number of hydrogen-bond donors (Lipinski definition) is 0. The quantitative estimate of drug-likeness (QED) is 0.404. The molecule has 1 heterocycles. The maximum atomic E-state index is 12.9. The molecular weight excluding hydrogens is 420 g/mol. The molecule has 0 saturated carbocycles. The van der Waals surface area contributed by atoms with Gasteiger partial charge in [0.25, 0.3) is 0 Å². The molecule has 2 bridgehead atoms. The standard InChI is InChI=1S/C24H19ClO6/c1-3-18(26)30-12(2)11-29-24-16-7-5-4-6-14(16)19(15-9-8-13(25)10-17(15)24)20-21(24)23(28)31-22(20)27/h3-10,12,19-21H,1,11H2,2H3. The molecule has 0 aromatic heterocycles. The summed E-state index contributed by atoms with van der Waals surface area (Å²) in [6, 6.07) is 13.0. The highest BCUT2D eigenvalue weighted by Crippen LogP contribution is 2.64. The number of hydrogen-bond acceptors (Lipinski definition) is 6. The monoisotopic (exact) mass is 438 g/mol. The molecule has 2 aromatic carbocycles. The van der Waals surface area contributed by atoms with Gasteiger partial charge in [0.05, 0.1) is 12.5 Å². The normalized spacial score (nSPS) is 28.3. The maximum absolute atomic E-state index is 12.9. The van der Waals surface area contributed by atoms with E-state index in [1.54, 1.807) is 19.1 Å². The Kier molecular flexibility index (Phi) is 4.53. The third kappa shape index (κ3) is 2.71. The van der Waals surface area contributed by atoms with Crippen molar-refractivity contribution in [3.8, 4) is 0 Å². The second-order valence-corrected chi connectivity index (χ2v) is 8.47. The van der Waals surface area contributed by atoms with Crippen LogP contribution in [0.1, 0.15) is 35.1 Å². The van der Waals surface area contributed by atoms with Crippen LogP contribution in [0.3, 0.4) is 0 Å². The first kappa shape index (κ1) is 20.0. The molecule has 5 atom stereocenters. The Bertz CT molecular complexity index is 1140. The summed E-state index contributed by atoms with van der Waals surface area (Å²) in [4.78, 5) is 37.3. The number of benzene rings is 2. The lowest BCUT2D eigenvalue weighted by Crippen LogP contribution is -2.55. The lowest BCUT2D eigenvalue weighted by Gasteiger charge is -2.53. The summed E-state index contributed by atoms with van der Waals surface area (Å²) in [5, 5.41) is 0.493. The summed E-state index contributed by atoms with van der Waals surface area (Å²) in [7, 11) is 0. The highest BCUT2D eigenvalue weighted by Gasteiger charge is 2.68. The van der Waals surface area contributed by atoms with E-state index < -0.39 is 41.4 Å². The first-order chi connectivity index (χ1) is 14.9. The Morgan fingerprint density at radius 3 is 2.71 bits per heavy atom. The Hall–Kier alpha value is -2.96. The van der Waals surface area contributed by atoms with Crippen LogP contribution in [0.2, 0.25) is 5.02 Å². The van der Waals surface area contributed by atoms with E-state index in [9.17, 15) is 14.4 Å². The maximum Gasteiger partial charge on any atom is 0.330 e. The summed E-state index contributed by atoms with van der Waals surface area (Å²) in [6.45, 7) is 5.08. The second-order valence-electron chi connectivity index (χ2n) is 8.04. The summed E-state index contributed by atoms with van der Waals surface area (Å²) in [6.07, 6.45) is 0.467. The van der Waals surface area contributed by atoms with Crippen molar-refractivity contribution in [3.63, 3.8) is 0 Å². The Morgan fingerprint density at radius 2 is 1.94 bits per heavy atom. The van der Waals surface area contributed by atoms with Gasteiger partial charge >= 0.3 is 17.9 Å². The first-order valence-corrected chi connectivity index (χ1v) is 10.4. The summed E-state index contributed by atoms with van der Waals surface area (Å²) < 4.78 is 16.8. The van der Waals surface area contributed by atoms with E-state index >= 15 is 0 Å². The van der Waals surface area contributed by atoms with Gasteiger partial charge in [-0.3, -0.25) is 9.59 Å². The lowest BCUT2D eigenvalue weighted by molar-refractivity contribution is -0.164. The molecule has 3 aliphatic carbocycles. The molecule has 0 spiro atoms. The van der Waals surface area contributed by atoms with Gasteiger partial charge in [-0.15, -0.1) is 0 Å². The van der Waals surface area contributed by atoms with Crippen LogP contribution in [0, 0.1) is 11.8 Å². The first-order valence-electron chi connectivity index (χ1n) is 10.0. The number of carbonyl (C=O) groups excluding carboxylic acids is 3. The topological polar surface area (TPSA) is 78.9 Å². The van der Waals surface area contributed by atoms with E-state index in [1.165, 1.54) is 0 Å². The molecule has 0 amide bonds. The fraction of sp³-hybridized carbons (Fsp3) is 0.292. The number of esters is 3. The molecule has 7 heteroatoms. The molecule has 6 nitrogen and oxygen atoms in total. The molecular formula is C24H19ClO6. The number of cyclic esters (lactones) is 2. The van der Waals surface area contributed by atoms with Gasteiger partial charge in [0.2, 0.25) is 0 Å². The van der Waals surface area contributed by atoms with Gasteiger partial charge in [-0.1, -0.05) is 48.5 Å². The predicted molar refractivity (Wildman–Crippen MR) is 110 cm³/mol. The summed E-state index contributed by atoms with van der Waals surface area (Å²) in [5.74, 6) is -3.60. The molecule has 0 radical (unpaired) electrons. The zero-order chi connectivity index (χ0) is 21.9.